The molecule has 18 heavy (non-hydrogen) atoms. The third-order valence-corrected chi connectivity index (χ3v) is 2.43. The van der Waals surface area contributed by atoms with Crippen LogP contribution in [-0.2, 0) is 4.79 Å². The van der Waals surface area contributed by atoms with Gasteiger partial charge in [-0.15, -0.1) is 0 Å². The number of rotatable bonds is 4. The monoisotopic (exact) mass is 251 g/mol. The molecule has 6 heteroatoms. The second kappa shape index (κ2) is 5.90. The van der Waals surface area contributed by atoms with E-state index >= 15 is 0 Å². The van der Waals surface area contributed by atoms with Gasteiger partial charge in [-0.05, 0) is 18.1 Å². The number of carboxylic acid groups (broad SMARTS) is 1. The van der Waals surface area contributed by atoms with E-state index in [-0.39, 0.29) is 5.92 Å². The molecule has 6 nitrogen and oxygen atoms in total. The van der Waals surface area contributed by atoms with E-state index in [1.54, 1.807) is 38.1 Å². The Labute approximate surface area is 105 Å². The molecule has 0 radical (unpaired) electrons. The normalized spacial score (nSPS) is 11.9. The minimum atomic E-state index is -1.07. The molecule has 0 spiro atoms. The quantitative estimate of drug-likeness (QED) is 0.608. The molecule has 0 fully saturated rings. The highest BCUT2D eigenvalue weighted by molar-refractivity contribution is 5.94. The zero-order valence-electron chi connectivity index (χ0n) is 10.3. The van der Waals surface area contributed by atoms with Crippen LogP contribution in [0, 0.1) is 5.92 Å². The Bertz CT molecular complexity index is 446. The van der Waals surface area contributed by atoms with Crippen molar-refractivity contribution in [3.8, 4) is 0 Å². The van der Waals surface area contributed by atoms with E-state index in [1.165, 1.54) is 0 Å². The van der Waals surface area contributed by atoms with E-state index in [0.29, 0.717) is 11.4 Å². The molecule has 98 valence electrons. The van der Waals surface area contributed by atoms with E-state index in [1.807, 2.05) is 0 Å². The van der Waals surface area contributed by atoms with Gasteiger partial charge < -0.3 is 21.5 Å². The van der Waals surface area contributed by atoms with Crippen LogP contribution in [0.1, 0.15) is 13.8 Å². The summed E-state index contributed by atoms with van der Waals surface area (Å²) in [7, 11) is 0. The first-order valence-corrected chi connectivity index (χ1v) is 5.56. The van der Waals surface area contributed by atoms with Gasteiger partial charge in [-0.3, -0.25) is 0 Å². The predicted molar refractivity (Wildman–Crippen MR) is 69.3 cm³/mol. The van der Waals surface area contributed by atoms with Gasteiger partial charge >= 0.3 is 12.0 Å². The van der Waals surface area contributed by atoms with Gasteiger partial charge in [0.05, 0.1) is 11.4 Å². The van der Waals surface area contributed by atoms with Crippen LogP contribution in [0.25, 0.3) is 0 Å². The standard InChI is InChI=1S/C12H17N3O3/c1-7(2)10(11(16)17)15-12(18)14-9-6-4-3-5-8(9)13/h3-7,10H,13H2,1-2H3,(H,16,17)(H2,14,15,18)/t10-/m0/s1. The van der Waals surface area contributed by atoms with Crippen LogP contribution in [0.3, 0.4) is 0 Å². The van der Waals surface area contributed by atoms with E-state index in [9.17, 15) is 9.59 Å². The van der Waals surface area contributed by atoms with Crippen LogP contribution >= 0.6 is 0 Å². The zero-order valence-corrected chi connectivity index (χ0v) is 10.3. The molecule has 0 saturated carbocycles. The lowest BCUT2D eigenvalue weighted by atomic mass is 10.1. The SMILES string of the molecule is CC(C)[C@H](NC(=O)Nc1ccccc1N)C(=O)O. The Balaban J connectivity index is 2.67. The second-order valence-electron chi connectivity index (χ2n) is 4.25. The molecule has 0 aliphatic carbocycles. The second-order valence-corrected chi connectivity index (χ2v) is 4.25. The highest BCUT2D eigenvalue weighted by atomic mass is 16.4. The lowest BCUT2D eigenvalue weighted by Crippen LogP contribution is -2.46. The van der Waals surface area contributed by atoms with Crippen molar-refractivity contribution in [2.45, 2.75) is 19.9 Å². The average molecular weight is 251 g/mol. The molecule has 0 aliphatic rings. The lowest BCUT2D eigenvalue weighted by Gasteiger charge is -2.18. The fourth-order valence-electron chi connectivity index (χ4n) is 1.42. The molecular weight excluding hydrogens is 234 g/mol. The van der Waals surface area contributed by atoms with E-state index in [4.69, 9.17) is 10.8 Å². The number of nitrogens with one attached hydrogen (secondary N) is 2. The summed E-state index contributed by atoms with van der Waals surface area (Å²) in [5, 5.41) is 13.8. The van der Waals surface area contributed by atoms with Gasteiger partial charge in [0.1, 0.15) is 6.04 Å². The van der Waals surface area contributed by atoms with Crippen molar-refractivity contribution in [1.82, 2.24) is 5.32 Å². The molecule has 0 bridgehead atoms. The number of amides is 2. The molecule has 0 aromatic heterocycles. The average Bonchev–Trinajstić information content (AvgIpc) is 2.28. The van der Waals surface area contributed by atoms with E-state index < -0.39 is 18.0 Å². The highest BCUT2D eigenvalue weighted by Gasteiger charge is 2.23. The zero-order chi connectivity index (χ0) is 13.7. The highest BCUT2D eigenvalue weighted by Crippen LogP contribution is 2.16. The number of nitrogen functional groups attached to an aromatic ring is 1. The van der Waals surface area contributed by atoms with Crippen molar-refractivity contribution in [2.75, 3.05) is 11.1 Å². The third-order valence-electron chi connectivity index (χ3n) is 2.43. The number of hydrogen-bond donors (Lipinski definition) is 4. The van der Waals surface area contributed by atoms with Gasteiger partial charge in [-0.25, -0.2) is 9.59 Å². The molecule has 1 aromatic carbocycles. The van der Waals surface area contributed by atoms with Gasteiger partial charge in [0.2, 0.25) is 0 Å². The molecule has 0 saturated heterocycles. The van der Waals surface area contributed by atoms with Gasteiger partial charge in [-0.1, -0.05) is 26.0 Å². The first-order chi connectivity index (χ1) is 8.41. The maximum absolute atomic E-state index is 11.6. The summed E-state index contributed by atoms with van der Waals surface area (Å²) < 4.78 is 0. The van der Waals surface area contributed by atoms with Crippen LogP contribution in [0.2, 0.25) is 0 Å². The molecule has 0 aliphatic heterocycles. The van der Waals surface area contributed by atoms with Gasteiger partial charge in [0.25, 0.3) is 0 Å². The fraction of sp³-hybridized carbons (Fsp3) is 0.333. The minimum absolute atomic E-state index is 0.207. The molecule has 2 amide bonds. The largest absolute Gasteiger partial charge is 0.480 e. The van der Waals surface area contributed by atoms with Crippen LogP contribution in [0.4, 0.5) is 16.2 Å². The number of aliphatic carboxylic acids is 1. The maximum Gasteiger partial charge on any atom is 0.326 e. The van der Waals surface area contributed by atoms with Gasteiger partial charge in [-0.2, -0.15) is 0 Å². The number of nitrogens with two attached hydrogens (primary N) is 1. The Kier molecular flexibility index (Phi) is 4.53. The van der Waals surface area contributed by atoms with E-state index in [0.717, 1.165) is 0 Å². The van der Waals surface area contributed by atoms with Crippen LogP contribution in [0.15, 0.2) is 24.3 Å². The molecule has 1 atom stereocenters. The van der Waals surface area contributed by atoms with E-state index in [2.05, 4.69) is 10.6 Å². The summed E-state index contributed by atoms with van der Waals surface area (Å²) in [5.41, 5.74) is 6.53. The number of para-hydroxylation sites is 2. The number of benzene rings is 1. The Morgan fingerprint density at radius 3 is 2.39 bits per heavy atom. The van der Waals surface area contributed by atoms with Crippen molar-refractivity contribution in [3.05, 3.63) is 24.3 Å². The van der Waals surface area contributed by atoms with Crippen LogP contribution in [0.5, 0.6) is 0 Å². The maximum atomic E-state index is 11.6. The number of hydrogen-bond acceptors (Lipinski definition) is 3. The molecular formula is C12H17N3O3. The Morgan fingerprint density at radius 1 is 1.28 bits per heavy atom. The third kappa shape index (κ3) is 3.65. The molecule has 0 unspecified atom stereocenters. The van der Waals surface area contributed by atoms with Crippen molar-refractivity contribution in [1.29, 1.82) is 0 Å². The van der Waals surface area contributed by atoms with Crippen LogP contribution in [-0.4, -0.2) is 23.1 Å². The Hall–Kier alpha value is -2.24. The molecule has 5 N–H and O–H groups in total. The summed E-state index contributed by atoms with van der Waals surface area (Å²) in [6.07, 6.45) is 0. The first kappa shape index (κ1) is 13.8. The van der Waals surface area contributed by atoms with Crippen molar-refractivity contribution in [3.63, 3.8) is 0 Å². The molecule has 1 aromatic rings. The first-order valence-electron chi connectivity index (χ1n) is 5.56. The number of carbonyl (C=O) groups excluding carboxylic acids is 1. The number of anilines is 2. The Morgan fingerprint density at radius 2 is 1.89 bits per heavy atom. The fourth-order valence-corrected chi connectivity index (χ4v) is 1.42. The summed E-state index contributed by atoms with van der Waals surface area (Å²) in [6.45, 7) is 3.44. The number of carboxylic acids is 1. The smallest absolute Gasteiger partial charge is 0.326 e. The summed E-state index contributed by atoms with van der Waals surface area (Å²) >= 11 is 0. The van der Waals surface area contributed by atoms with Crippen molar-refractivity contribution in [2.24, 2.45) is 5.92 Å². The number of urea groups is 1. The van der Waals surface area contributed by atoms with Crippen molar-refractivity contribution >= 4 is 23.4 Å². The van der Waals surface area contributed by atoms with Crippen molar-refractivity contribution < 1.29 is 14.7 Å². The van der Waals surface area contributed by atoms with Gasteiger partial charge in [0, 0.05) is 0 Å². The molecule has 0 heterocycles. The summed E-state index contributed by atoms with van der Waals surface area (Å²) in [6, 6.07) is 5.23. The minimum Gasteiger partial charge on any atom is -0.480 e. The number of carbonyl (C=O) groups is 2. The predicted octanol–water partition coefficient (Wildman–Crippen LogP) is 1.50. The topological polar surface area (TPSA) is 104 Å². The lowest BCUT2D eigenvalue weighted by molar-refractivity contribution is -0.140. The molecule has 1 rings (SSSR count). The summed E-state index contributed by atoms with van der Waals surface area (Å²) in [5.74, 6) is -1.28. The van der Waals surface area contributed by atoms with Gasteiger partial charge in [0.15, 0.2) is 0 Å². The summed E-state index contributed by atoms with van der Waals surface area (Å²) in [4.78, 5) is 22.6. The van der Waals surface area contributed by atoms with Crippen LogP contribution < -0.4 is 16.4 Å².